The molecular weight excluding hydrogens is 218 g/mol. The third kappa shape index (κ3) is 2.13. The molecule has 104 valence electrons. The van der Waals surface area contributed by atoms with Crippen LogP contribution in [0.5, 0.6) is 0 Å². The minimum Gasteiger partial charge on any atom is -0.313 e. The van der Waals surface area contributed by atoms with E-state index in [0.717, 1.165) is 41.0 Å². The summed E-state index contributed by atoms with van der Waals surface area (Å²) in [6.45, 7) is 10.9. The molecule has 1 heteroatoms. The van der Waals surface area contributed by atoms with Gasteiger partial charge in [0, 0.05) is 6.04 Å². The molecule has 0 amide bonds. The SMILES string of the molecule is CCC(CC)C1CC1C(C)CNC1CC12CC2C. The molecule has 1 nitrogen and oxygen atoms in total. The second-order valence-corrected chi connectivity index (χ2v) is 7.62. The predicted molar refractivity (Wildman–Crippen MR) is 77.5 cm³/mol. The third-order valence-corrected chi connectivity index (χ3v) is 6.59. The zero-order chi connectivity index (χ0) is 12.9. The van der Waals surface area contributed by atoms with E-state index in [4.69, 9.17) is 0 Å². The lowest BCUT2D eigenvalue weighted by Gasteiger charge is -2.16. The largest absolute Gasteiger partial charge is 0.313 e. The highest BCUT2D eigenvalue weighted by molar-refractivity contribution is 5.21. The van der Waals surface area contributed by atoms with E-state index >= 15 is 0 Å². The Hall–Kier alpha value is -0.0400. The van der Waals surface area contributed by atoms with Crippen LogP contribution in [-0.2, 0) is 0 Å². The Morgan fingerprint density at radius 1 is 1.17 bits per heavy atom. The molecule has 0 bridgehead atoms. The number of hydrogen-bond donors (Lipinski definition) is 1. The lowest BCUT2D eigenvalue weighted by atomic mass is 9.93. The van der Waals surface area contributed by atoms with Gasteiger partial charge in [-0.15, -0.1) is 0 Å². The molecule has 3 saturated carbocycles. The molecule has 0 radical (unpaired) electrons. The maximum absolute atomic E-state index is 3.86. The first-order valence-corrected chi connectivity index (χ1v) is 8.35. The molecule has 3 fully saturated rings. The van der Waals surface area contributed by atoms with E-state index in [0.29, 0.717) is 0 Å². The maximum atomic E-state index is 3.86. The van der Waals surface area contributed by atoms with E-state index in [1.807, 2.05) is 0 Å². The van der Waals surface area contributed by atoms with Crippen molar-refractivity contribution in [1.82, 2.24) is 5.32 Å². The lowest BCUT2D eigenvalue weighted by Crippen LogP contribution is -2.26. The van der Waals surface area contributed by atoms with E-state index in [9.17, 15) is 0 Å². The van der Waals surface area contributed by atoms with Crippen LogP contribution in [-0.4, -0.2) is 12.6 Å². The van der Waals surface area contributed by atoms with Crippen molar-refractivity contribution in [2.45, 2.75) is 65.8 Å². The molecule has 3 aliphatic carbocycles. The van der Waals surface area contributed by atoms with Gasteiger partial charge in [0.05, 0.1) is 0 Å². The summed E-state index contributed by atoms with van der Waals surface area (Å²) in [6.07, 6.45) is 7.27. The molecule has 0 aromatic heterocycles. The summed E-state index contributed by atoms with van der Waals surface area (Å²) >= 11 is 0. The summed E-state index contributed by atoms with van der Waals surface area (Å²) < 4.78 is 0. The molecule has 0 aromatic carbocycles. The van der Waals surface area contributed by atoms with E-state index in [1.165, 1.54) is 38.6 Å². The van der Waals surface area contributed by atoms with Gasteiger partial charge in [-0.3, -0.25) is 0 Å². The van der Waals surface area contributed by atoms with Gasteiger partial charge in [-0.25, -0.2) is 0 Å². The summed E-state index contributed by atoms with van der Waals surface area (Å²) in [7, 11) is 0. The van der Waals surface area contributed by atoms with E-state index in [2.05, 4.69) is 33.0 Å². The van der Waals surface area contributed by atoms with Gasteiger partial charge in [-0.2, -0.15) is 0 Å². The van der Waals surface area contributed by atoms with E-state index in [1.54, 1.807) is 0 Å². The van der Waals surface area contributed by atoms with Gasteiger partial charge in [0.2, 0.25) is 0 Å². The second-order valence-electron chi connectivity index (χ2n) is 7.62. The summed E-state index contributed by atoms with van der Waals surface area (Å²) in [5.74, 6) is 5.03. The van der Waals surface area contributed by atoms with Gasteiger partial charge in [0.15, 0.2) is 0 Å². The van der Waals surface area contributed by atoms with Crippen molar-refractivity contribution >= 4 is 0 Å². The fourth-order valence-electron chi connectivity index (χ4n) is 4.68. The van der Waals surface area contributed by atoms with Crippen molar-refractivity contribution in [3.63, 3.8) is 0 Å². The molecular formula is C17H31N. The normalized spacial score (nSPS) is 46.5. The average Bonchev–Trinajstić information content (AvgIpc) is 3.23. The maximum Gasteiger partial charge on any atom is 0.0133 e. The average molecular weight is 249 g/mol. The zero-order valence-corrected chi connectivity index (χ0v) is 12.7. The summed E-state index contributed by atoms with van der Waals surface area (Å²) in [5, 5.41) is 3.86. The number of rotatable bonds is 7. The first kappa shape index (κ1) is 13.0. The smallest absolute Gasteiger partial charge is 0.0133 e. The van der Waals surface area contributed by atoms with Crippen molar-refractivity contribution < 1.29 is 0 Å². The molecule has 0 saturated heterocycles. The first-order valence-electron chi connectivity index (χ1n) is 8.35. The minimum absolute atomic E-state index is 0.790. The zero-order valence-electron chi connectivity index (χ0n) is 12.7. The highest BCUT2D eigenvalue weighted by atomic mass is 15.0. The Morgan fingerprint density at radius 2 is 1.83 bits per heavy atom. The van der Waals surface area contributed by atoms with E-state index < -0.39 is 0 Å². The van der Waals surface area contributed by atoms with Crippen LogP contribution in [0.1, 0.15) is 59.8 Å². The Kier molecular flexibility index (Phi) is 3.25. The molecule has 1 N–H and O–H groups in total. The number of hydrogen-bond acceptors (Lipinski definition) is 1. The monoisotopic (exact) mass is 249 g/mol. The molecule has 3 aliphatic rings. The molecule has 3 rings (SSSR count). The fraction of sp³-hybridized carbons (Fsp3) is 1.00. The Bertz CT molecular complexity index is 309. The van der Waals surface area contributed by atoms with Crippen LogP contribution in [0.4, 0.5) is 0 Å². The van der Waals surface area contributed by atoms with Crippen molar-refractivity contribution in [2.75, 3.05) is 6.54 Å². The van der Waals surface area contributed by atoms with E-state index in [-0.39, 0.29) is 0 Å². The Morgan fingerprint density at radius 3 is 2.33 bits per heavy atom. The minimum atomic E-state index is 0.790. The van der Waals surface area contributed by atoms with Crippen molar-refractivity contribution in [3.05, 3.63) is 0 Å². The van der Waals surface area contributed by atoms with Crippen LogP contribution in [0.3, 0.4) is 0 Å². The Balaban J connectivity index is 1.37. The van der Waals surface area contributed by atoms with Crippen molar-refractivity contribution in [3.8, 4) is 0 Å². The fourth-order valence-corrected chi connectivity index (χ4v) is 4.68. The highest BCUT2D eigenvalue weighted by Gasteiger charge is 2.68. The summed E-state index contributed by atoms with van der Waals surface area (Å²) in [6, 6.07) is 0.889. The van der Waals surface area contributed by atoms with Crippen LogP contribution in [0.25, 0.3) is 0 Å². The standard InChI is InChI=1S/C17H31N/c1-5-13(6-2)15-7-14(15)11(3)10-18-16-9-17(16)8-12(17)4/h11-16,18H,5-10H2,1-4H3. The van der Waals surface area contributed by atoms with Crippen LogP contribution in [0.15, 0.2) is 0 Å². The molecule has 6 atom stereocenters. The van der Waals surface area contributed by atoms with Crippen molar-refractivity contribution in [1.29, 1.82) is 0 Å². The quantitative estimate of drug-likeness (QED) is 0.717. The van der Waals surface area contributed by atoms with Crippen LogP contribution >= 0.6 is 0 Å². The highest BCUT2D eigenvalue weighted by Crippen LogP contribution is 2.70. The van der Waals surface area contributed by atoms with Gasteiger partial charge in [0.25, 0.3) is 0 Å². The summed E-state index contributed by atoms with van der Waals surface area (Å²) in [4.78, 5) is 0. The van der Waals surface area contributed by atoms with Gasteiger partial charge in [0.1, 0.15) is 0 Å². The van der Waals surface area contributed by atoms with Crippen LogP contribution < -0.4 is 5.32 Å². The van der Waals surface area contributed by atoms with Gasteiger partial charge < -0.3 is 5.32 Å². The van der Waals surface area contributed by atoms with Gasteiger partial charge >= 0.3 is 0 Å². The van der Waals surface area contributed by atoms with Crippen LogP contribution in [0.2, 0.25) is 0 Å². The molecule has 6 unspecified atom stereocenters. The topological polar surface area (TPSA) is 12.0 Å². The lowest BCUT2D eigenvalue weighted by molar-refractivity contribution is 0.356. The molecule has 18 heavy (non-hydrogen) atoms. The molecule has 0 heterocycles. The number of nitrogens with one attached hydrogen (secondary N) is 1. The molecule has 1 spiro atoms. The van der Waals surface area contributed by atoms with Gasteiger partial charge in [-0.1, -0.05) is 40.5 Å². The first-order chi connectivity index (χ1) is 8.62. The van der Waals surface area contributed by atoms with Crippen LogP contribution in [0, 0.1) is 35.0 Å². The molecule has 0 aromatic rings. The van der Waals surface area contributed by atoms with Gasteiger partial charge in [-0.05, 0) is 60.8 Å². The molecule has 0 aliphatic heterocycles. The second kappa shape index (κ2) is 4.51. The van der Waals surface area contributed by atoms with Crippen molar-refractivity contribution in [2.24, 2.45) is 35.0 Å². The Labute approximate surface area is 113 Å². The third-order valence-electron chi connectivity index (χ3n) is 6.59. The predicted octanol–water partition coefficient (Wildman–Crippen LogP) is 4.08. The summed E-state index contributed by atoms with van der Waals surface area (Å²) in [5.41, 5.74) is 0.790.